The highest BCUT2D eigenvalue weighted by molar-refractivity contribution is 6.01. The van der Waals surface area contributed by atoms with E-state index in [1.807, 2.05) is 13.0 Å². The number of ether oxygens (including phenoxy) is 1. The summed E-state index contributed by atoms with van der Waals surface area (Å²) in [4.78, 5) is 28.9. The maximum absolute atomic E-state index is 12.3. The first kappa shape index (κ1) is 17.5. The summed E-state index contributed by atoms with van der Waals surface area (Å²) in [6.45, 7) is 4.10. The predicted octanol–water partition coefficient (Wildman–Crippen LogP) is 2.82. The zero-order valence-corrected chi connectivity index (χ0v) is 13.9. The summed E-state index contributed by atoms with van der Waals surface area (Å²) >= 11 is 0. The number of aromatic nitrogens is 1. The van der Waals surface area contributed by atoms with E-state index in [0.29, 0.717) is 23.6 Å². The zero-order chi connectivity index (χ0) is 17.7. The molecule has 2 aromatic rings. The van der Waals surface area contributed by atoms with Gasteiger partial charge in [0.1, 0.15) is 5.75 Å². The number of hydrogen-bond acceptors (Lipinski definition) is 4. The number of anilines is 1. The van der Waals surface area contributed by atoms with Crippen LogP contribution in [0.25, 0.3) is 10.9 Å². The van der Waals surface area contributed by atoms with E-state index >= 15 is 0 Å². The molecule has 1 aromatic carbocycles. The van der Waals surface area contributed by atoms with Gasteiger partial charge in [-0.3, -0.25) is 9.78 Å². The van der Waals surface area contributed by atoms with E-state index in [1.165, 1.54) is 4.90 Å². The third-order valence-electron chi connectivity index (χ3n) is 3.59. The van der Waals surface area contributed by atoms with Gasteiger partial charge in [0.15, 0.2) is 0 Å². The molecule has 0 radical (unpaired) electrons. The second-order valence-corrected chi connectivity index (χ2v) is 5.49. The fraction of sp³-hybridized carbons (Fsp3) is 0.353. The Bertz CT molecular complexity index is 748. The summed E-state index contributed by atoms with van der Waals surface area (Å²) in [6.07, 6.45) is 1.64. The van der Waals surface area contributed by atoms with Crippen molar-refractivity contribution in [1.82, 2.24) is 9.88 Å². The van der Waals surface area contributed by atoms with E-state index in [-0.39, 0.29) is 12.6 Å². The van der Waals surface area contributed by atoms with E-state index in [0.717, 1.165) is 5.39 Å². The minimum atomic E-state index is -0.942. The molecule has 0 saturated carbocycles. The molecule has 0 bridgehead atoms. The van der Waals surface area contributed by atoms with Crippen molar-refractivity contribution in [2.45, 2.75) is 13.8 Å². The average Bonchev–Trinajstić information content (AvgIpc) is 2.56. The largest absolute Gasteiger partial charge is 0.493 e. The van der Waals surface area contributed by atoms with Crippen LogP contribution in [0.3, 0.4) is 0 Å². The third-order valence-corrected chi connectivity index (χ3v) is 3.59. The number of benzene rings is 1. The van der Waals surface area contributed by atoms with Gasteiger partial charge in [0.05, 0.1) is 23.7 Å². The molecular formula is C17H21N3O4. The quantitative estimate of drug-likeness (QED) is 0.849. The van der Waals surface area contributed by atoms with Crippen LogP contribution in [0.15, 0.2) is 30.5 Å². The van der Waals surface area contributed by atoms with Crippen LogP contribution < -0.4 is 10.1 Å². The van der Waals surface area contributed by atoms with Gasteiger partial charge in [0.2, 0.25) is 0 Å². The summed E-state index contributed by atoms with van der Waals surface area (Å²) in [5.41, 5.74) is 1.17. The highest BCUT2D eigenvalue weighted by Crippen LogP contribution is 2.30. The molecule has 128 valence electrons. The average molecular weight is 331 g/mol. The molecule has 0 aliphatic heterocycles. The lowest BCUT2D eigenvalue weighted by Crippen LogP contribution is -2.36. The number of rotatable bonds is 6. The lowest BCUT2D eigenvalue weighted by molar-refractivity contribution is -0.141. The molecule has 2 N–H and O–H groups in total. The Morgan fingerprint density at radius 3 is 2.79 bits per heavy atom. The molecule has 0 aliphatic carbocycles. The van der Waals surface area contributed by atoms with Crippen LogP contribution >= 0.6 is 0 Å². The van der Waals surface area contributed by atoms with Gasteiger partial charge in [-0.15, -0.1) is 0 Å². The second kappa shape index (κ2) is 7.63. The first-order valence-electron chi connectivity index (χ1n) is 7.69. The molecule has 0 aliphatic rings. The van der Waals surface area contributed by atoms with Crippen LogP contribution in [0, 0.1) is 5.92 Å². The highest BCUT2D eigenvalue weighted by atomic mass is 16.5. The first-order chi connectivity index (χ1) is 11.4. The molecule has 2 amide bonds. The predicted molar refractivity (Wildman–Crippen MR) is 91.4 cm³/mol. The number of pyridine rings is 1. The van der Waals surface area contributed by atoms with E-state index in [2.05, 4.69) is 10.3 Å². The van der Waals surface area contributed by atoms with Crippen molar-refractivity contribution in [1.29, 1.82) is 0 Å². The molecule has 0 fully saturated rings. The van der Waals surface area contributed by atoms with E-state index in [9.17, 15) is 9.59 Å². The van der Waals surface area contributed by atoms with Gasteiger partial charge in [-0.05, 0) is 31.2 Å². The van der Waals surface area contributed by atoms with Gasteiger partial charge in [-0.25, -0.2) is 4.79 Å². The Labute approximate surface area is 140 Å². The topological polar surface area (TPSA) is 91.8 Å². The number of carbonyl (C=O) groups is 2. The van der Waals surface area contributed by atoms with E-state index in [4.69, 9.17) is 9.84 Å². The molecule has 7 heteroatoms. The minimum absolute atomic E-state index is 0.115. The Hall–Kier alpha value is -2.83. The second-order valence-electron chi connectivity index (χ2n) is 5.49. The lowest BCUT2D eigenvalue weighted by Gasteiger charge is -2.20. The van der Waals surface area contributed by atoms with E-state index in [1.54, 1.807) is 38.4 Å². The lowest BCUT2D eigenvalue weighted by atomic mass is 10.1. The maximum Gasteiger partial charge on any atom is 0.321 e. The van der Waals surface area contributed by atoms with Crippen LogP contribution in [0.2, 0.25) is 0 Å². The number of aliphatic carboxylic acids is 1. The number of carbonyl (C=O) groups excluding carboxylic acids is 1. The number of nitrogens with zero attached hydrogens (tertiary/aromatic N) is 2. The number of amides is 2. The fourth-order valence-electron chi connectivity index (χ4n) is 2.31. The Morgan fingerprint density at radius 1 is 1.38 bits per heavy atom. The third kappa shape index (κ3) is 3.92. The van der Waals surface area contributed by atoms with Crippen LogP contribution in [-0.2, 0) is 4.79 Å². The highest BCUT2D eigenvalue weighted by Gasteiger charge is 2.18. The molecule has 1 aromatic heterocycles. The minimum Gasteiger partial charge on any atom is -0.493 e. The fourth-order valence-corrected chi connectivity index (χ4v) is 2.31. The first-order valence-corrected chi connectivity index (χ1v) is 7.69. The summed E-state index contributed by atoms with van der Waals surface area (Å²) in [5, 5.41) is 12.5. The van der Waals surface area contributed by atoms with Crippen molar-refractivity contribution in [2.24, 2.45) is 5.92 Å². The van der Waals surface area contributed by atoms with Crippen molar-refractivity contribution >= 4 is 28.6 Å². The van der Waals surface area contributed by atoms with Crippen LogP contribution in [0.1, 0.15) is 13.8 Å². The van der Waals surface area contributed by atoms with Gasteiger partial charge in [-0.1, -0.05) is 6.92 Å². The molecule has 1 unspecified atom stereocenters. The van der Waals surface area contributed by atoms with Gasteiger partial charge in [0, 0.05) is 25.2 Å². The monoisotopic (exact) mass is 331 g/mol. The van der Waals surface area contributed by atoms with E-state index < -0.39 is 11.9 Å². The Balaban J connectivity index is 2.22. The van der Waals surface area contributed by atoms with Gasteiger partial charge < -0.3 is 20.1 Å². The van der Waals surface area contributed by atoms with Crippen molar-refractivity contribution in [3.63, 3.8) is 0 Å². The van der Waals surface area contributed by atoms with Crippen molar-refractivity contribution in [3.05, 3.63) is 30.5 Å². The Kier molecular flexibility index (Phi) is 5.57. The smallest absolute Gasteiger partial charge is 0.321 e. The maximum atomic E-state index is 12.3. The zero-order valence-electron chi connectivity index (χ0n) is 13.9. The molecule has 1 atom stereocenters. The summed E-state index contributed by atoms with van der Waals surface area (Å²) in [5.74, 6) is -0.884. The summed E-state index contributed by atoms with van der Waals surface area (Å²) < 4.78 is 5.58. The standard InChI is InChI=1S/C17H21N3O4/c1-4-24-14-8-7-13(15-12(14)6-5-9-18-15)19-17(23)20(3)10-11(2)16(21)22/h5-9,11H,4,10H2,1-3H3,(H,19,23)(H,21,22). The van der Waals surface area contributed by atoms with Crippen molar-refractivity contribution in [3.8, 4) is 5.75 Å². The van der Waals surface area contributed by atoms with Gasteiger partial charge >= 0.3 is 12.0 Å². The molecule has 24 heavy (non-hydrogen) atoms. The number of carboxylic acids is 1. The Morgan fingerprint density at radius 2 is 2.12 bits per heavy atom. The van der Waals surface area contributed by atoms with Gasteiger partial charge in [0.25, 0.3) is 0 Å². The van der Waals surface area contributed by atoms with Gasteiger partial charge in [-0.2, -0.15) is 0 Å². The number of fused-ring (bicyclic) bond motifs is 1. The molecule has 0 saturated heterocycles. The number of urea groups is 1. The van der Waals surface area contributed by atoms with Crippen LogP contribution in [-0.4, -0.2) is 47.2 Å². The summed E-state index contributed by atoms with van der Waals surface area (Å²) in [7, 11) is 1.55. The molecule has 2 rings (SSSR count). The number of hydrogen-bond donors (Lipinski definition) is 2. The number of carboxylic acid groups (broad SMARTS) is 1. The molecule has 7 nitrogen and oxygen atoms in total. The molecule has 1 heterocycles. The van der Waals surface area contributed by atoms with Crippen LogP contribution in [0.5, 0.6) is 5.75 Å². The molecular weight excluding hydrogens is 310 g/mol. The normalized spacial score (nSPS) is 11.8. The number of nitrogens with one attached hydrogen (secondary N) is 1. The van der Waals surface area contributed by atoms with Crippen molar-refractivity contribution in [2.75, 3.05) is 25.5 Å². The molecule has 0 spiro atoms. The van der Waals surface area contributed by atoms with Crippen LogP contribution in [0.4, 0.5) is 10.5 Å². The van der Waals surface area contributed by atoms with Crippen molar-refractivity contribution < 1.29 is 19.4 Å². The SMILES string of the molecule is CCOc1ccc(NC(=O)N(C)CC(C)C(=O)O)c2ncccc12. The summed E-state index contributed by atoms with van der Waals surface area (Å²) in [6, 6.07) is 6.80.